The third-order valence-electron chi connectivity index (χ3n) is 2.12. The van der Waals surface area contributed by atoms with Crippen LogP contribution in [0.5, 0.6) is 0 Å². The lowest BCUT2D eigenvalue weighted by molar-refractivity contribution is -0.138. The minimum atomic E-state index is -1.30. The van der Waals surface area contributed by atoms with Gasteiger partial charge >= 0.3 is 5.97 Å². The third-order valence-corrected chi connectivity index (χ3v) is 2.81. The van der Waals surface area contributed by atoms with Gasteiger partial charge in [0.15, 0.2) is 0 Å². The molecule has 102 valence electrons. The molecule has 0 fully saturated rings. The highest BCUT2D eigenvalue weighted by Crippen LogP contribution is 2.19. The lowest BCUT2D eigenvalue weighted by Crippen LogP contribution is -2.41. The van der Waals surface area contributed by atoms with E-state index >= 15 is 0 Å². The summed E-state index contributed by atoms with van der Waals surface area (Å²) in [7, 11) is 0. The number of carboxylic acid groups (broad SMARTS) is 1. The number of rotatable bonds is 5. The third kappa shape index (κ3) is 4.32. The minimum Gasteiger partial charge on any atom is -0.480 e. The highest BCUT2D eigenvalue weighted by Gasteiger charge is 2.22. The normalized spacial score (nSPS) is 10.0. The van der Waals surface area contributed by atoms with Gasteiger partial charge in [0.2, 0.25) is 5.91 Å². The van der Waals surface area contributed by atoms with E-state index in [9.17, 15) is 18.8 Å². The van der Waals surface area contributed by atoms with Crippen LogP contribution in [-0.2, 0) is 9.59 Å². The maximum atomic E-state index is 13.1. The molecular weight excluding hydrogens is 323 g/mol. The summed E-state index contributed by atoms with van der Waals surface area (Å²) < 4.78 is 13.4. The monoisotopic (exact) mass is 332 g/mol. The summed E-state index contributed by atoms with van der Waals surface area (Å²) in [4.78, 5) is 34.2. The van der Waals surface area contributed by atoms with Crippen LogP contribution < -0.4 is 5.73 Å². The van der Waals surface area contributed by atoms with Crippen molar-refractivity contribution in [3.8, 4) is 0 Å². The smallest absolute Gasteiger partial charge is 0.323 e. The Kier molecular flexibility index (Phi) is 4.99. The SMILES string of the molecule is NC(=O)CN(CC(=O)O)C(=O)c1cc(F)ccc1Br. The van der Waals surface area contributed by atoms with E-state index < -0.39 is 36.7 Å². The molecule has 0 aliphatic carbocycles. The van der Waals surface area contributed by atoms with Crippen LogP contribution in [0.25, 0.3) is 0 Å². The van der Waals surface area contributed by atoms with Crippen LogP contribution in [0.2, 0.25) is 0 Å². The lowest BCUT2D eigenvalue weighted by atomic mass is 10.2. The molecule has 1 aromatic rings. The number of carbonyl (C=O) groups is 3. The minimum absolute atomic E-state index is 0.0810. The topological polar surface area (TPSA) is 101 Å². The molecule has 0 radical (unpaired) electrons. The van der Waals surface area contributed by atoms with E-state index in [2.05, 4.69) is 15.9 Å². The zero-order valence-corrected chi connectivity index (χ0v) is 11.2. The summed E-state index contributed by atoms with van der Waals surface area (Å²) in [5.74, 6) is -3.61. The Morgan fingerprint density at radius 1 is 1.32 bits per heavy atom. The fraction of sp³-hybridized carbons (Fsp3) is 0.182. The Labute approximate surface area is 116 Å². The number of benzene rings is 1. The molecule has 0 saturated carbocycles. The number of carbonyl (C=O) groups excluding carboxylic acids is 2. The number of primary amides is 1. The highest BCUT2D eigenvalue weighted by atomic mass is 79.9. The Balaban J connectivity index is 3.07. The molecule has 1 aromatic carbocycles. The molecule has 0 unspecified atom stereocenters. The van der Waals surface area contributed by atoms with Gasteiger partial charge in [-0.1, -0.05) is 0 Å². The number of hydrogen-bond donors (Lipinski definition) is 2. The van der Waals surface area contributed by atoms with Gasteiger partial charge < -0.3 is 15.7 Å². The predicted molar refractivity (Wildman–Crippen MR) is 66.8 cm³/mol. The summed E-state index contributed by atoms with van der Waals surface area (Å²) >= 11 is 3.05. The van der Waals surface area contributed by atoms with E-state index in [1.165, 1.54) is 6.07 Å². The van der Waals surface area contributed by atoms with E-state index in [1.54, 1.807) is 0 Å². The van der Waals surface area contributed by atoms with Crippen molar-refractivity contribution in [2.24, 2.45) is 5.73 Å². The van der Waals surface area contributed by atoms with Crippen LogP contribution in [-0.4, -0.2) is 40.9 Å². The number of halogens is 2. The number of nitrogens with zero attached hydrogens (tertiary/aromatic N) is 1. The molecule has 0 aliphatic rings. The van der Waals surface area contributed by atoms with Crippen LogP contribution in [0.3, 0.4) is 0 Å². The molecule has 0 saturated heterocycles. The molecule has 19 heavy (non-hydrogen) atoms. The van der Waals surface area contributed by atoms with E-state index in [1.807, 2.05) is 0 Å². The van der Waals surface area contributed by atoms with Crippen molar-refractivity contribution >= 4 is 33.7 Å². The van der Waals surface area contributed by atoms with Gasteiger partial charge in [-0.3, -0.25) is 14.4 Å². The first kappa shape index (κ1) is 15.1. The van der Waals surface area contributed by atoms with Crippen molar-refractivity contribution in [1.82, 2.24) is 4.90 Å². The first-order chi connectivity index (χ1) is 8.81. The maximum absolute atomic E-state index is 13.1. The van der Waals surface area contributed by atoms with Gasteiger partial charge in [0.25, 0.3) is 5.91 Å². The molecule has 6 nitrogen and oxygen atoms in total. The highest BCUT2D eigenvalue weighted by molar-refractivity contribution is 9.10. The van der Waals surface area contributed by atoms with Gasteiger partial charge in [-0.25, -0.2) is 4.39 Å². The standard InChI is InChI=1S/C11H10BrFN2O4/c12-8-2-1-6(13)3-7(8)11(19)15(4-9(14)16)5-10(17)18/h1-3H,4-5H2,(H2,14,16)(H,17,18). The van der Waals surface area contributed by atoms with E-state index in [-0.39, 0.29) is 5.56 Å². The zero-order chi connectivity index (χ0) is 14.6. The molecule has 0 bridgehead atoms. The second-order valence-electron chi connectivity index (χ2n) is 3.65. The molecular formula is C11H10BrFN2O4. The van der Waals surface area contributed by atoms with Gasteiger partial charge in [-0.05, 0) is 34.1 Å². The number of hydrogen-bond acceptors (Lipinski definition) is 3. The molecule has 0 atom stereocenters. The van der Waals surface area contributed by atoms with Crippen molar-refractivity contribution in [3.05, 3.63) is 34.1 Å². The van der Waals surface area contributed by atoms with Crippen molar-refractivity contribution in [2.75, 3.05) is 13.1 Å². The summed E-state index contributed by atoms with van der Waals surface area (Å²) in [6.07, 6.45) is 0. The van der Waals surface area contributed by atoms with E-state index in [4.69, 9.17) is 10.8 Å². The van der Waals surface area contributed by atoms with Gasteiger partial charge in [-0.2, -0.15) is 0 Å². The lowest BCUT2D eigenvalue weighted by Gasteiger charge is -2.19. The largest absolute Gasteiger partial charge is 0.480 e. The Bertz CT molecular complexity index is 519. The van der Waals surface area contributed by atoms with Gasteiger partial charge in [0, 0.05) is 4.47 Å². The van der Waals surface area contributed by atoms with E-state index in [0.29, 0.717) is 4.47 Å². The van der Waals surface area contributed by atoms with Crippen LogP contribution >= 0.6 is 15.9 Å². The second kappa shape index (κ2) is 6.28. The first-order valence-electron chi connectivity index (χ1n) is 5.05. The van der Waals surface area contributed by atoms with Crippen molar-refractivity contribution in [1.29, 1.82) is 0 Å². The molecule has 1 rings (SSSR count). The Morgan fingerprint density at radius 3 is 2.47 bits per heavy atom. The fourth-order valence-corrected chi connectivity index (χ4v) is 1.80. The molecule has 3 N–H and O–H groups in total. The molecule has 0 heterocycles. The molecule has 0 aromatic heterocycles. The zero-order valence-electron chi connectivity index (χ0n) is 9.60. The predicted octanol–water partition coefficient (Wildman–Crippen LogP) is 0.600. The number of carboxylic acids is 1. The first-order valence-corrected chi connectivity index (χ1v) is 5.85. The second-order valence-corrected chi connectivity index (χ2v) is 4.50. The average molecular weight is 333 g/mol. The molecule has 0 spiro atoms. The number of aliphatic carboxylic acids is 1. The molecule has 2 amide bonds. The van der Waals surface area contributed by atoms with Crippen LogP contribution in [0.4, 0.5) is 4.39 Å². The van der Waals surface area contributed by atoms with Crippen molar-refractivity contribution < 1.29 is 23.9 Å². The molecule has 0 aliphatic heterocycles. The van der Waals surface area contributed by atoms with Gasteiger partial charge in [0.05, 0.1) is 5.56 Å². The summed E-state index contributed by atoms with van der Waals surface area (Å²) in [6, 6.07) is 3.39. The van der Waals surface area contributed by atoms with Crippen molar-refractivity contribution in [2.45, 2.75) is 0 Å². The van der Waals surface area contributed by atoms with Crippen molar-refractivity contribution in [3.63, 3.8) is 0 Å². The summed E-state index contributed by atoms with van der Waals surface area (Å²) in [6.45, 7) is -1.27. The summed E-state index contributed by atoms with van der Waals surface area (Å²) in [5.41, 5.74) is 4.86. The average Bonchev–Trinajstić information content (AvgIpc) is 2.29. The number of nitrogens with two attached hydrogens (primary N) is 1. The van der Waals surface area contributed by atoms with Gasteiger partial charge in [-0.15, -0.1) is 0 Å². The summed E-state index contributed by atoms with van der Waals surface area (Å²) in [5, 5.41) is 8.68. The van der Waals surface area contributed by atoms with Crippen LogP contribution in [0.15, 0.2) is 22.7 Å². The van der Waals surface area contributed by atoms with E-state index in [0.717, 1.165) is 17.0 Å². The Morgan fingerprint density at radius 2 is 1.95 bits per heavy atom. The fourth-order valence-electron chi connectivity index (χ4n) is 1.38. The maximum Gasteiger partial charge on any atom is 0.323 e. The molecule has 8 heteroatoms. The Hall–Kier alpha value is -1.96. The van der Waals surface area contributed by atoms with Crippen LogP contribution in [0, 0.1) is 5.82 Å². The van der Waals surface area contributed by atoms with Gasteiger partial charge in [0.1, 0.15) is 18.9 Å². The number of amides is 2. The quantitative estimate of drug-likeness (QED) is 0.824. The van der Waals surface area contributed by atoms with Crippen LogP contribution in [0.1, 0.15) is 10.4 Å².